The molecule has 1 unspecified atom stereocenters. The van der Waals surface area contributed by atoms with Crippen molar-refractivity contribution in [2.45, 2.75) is 24.5 Å². The summed E-state index contributed by atoms with van der Waals surface area (Å²) in [7, 11) is -5.61. The lowest BCUT2D eigenvalue weighted by Gasteiger charge is -2.21. The lowest BCUT2D eigenvalue weighted by Crippen LogP contribution is -2.30. The third-order valence-corrected chi connectivity index (χ3v) is 4.61. The van der Waals surface area contributed by atoms with Crippen LogP contribution < -0.4 is 5.32 Å². The molecule has 0 aromatic heterocycles. The number of nitrogens with zero attached hydrogens (tertiary/aromatic N) is 1. The van der Waals surface area contributed by atoms with E-state index in [1.54, 1.807) is 4.90 Å². The van der Waals surface area contributed by atoms with Gasteiger partial charge in [0.2, 0.25) is 0 Å². The lowest BCUT2D eigenvalue weighted by molar-refractivity contribution is -0.0523. The Morgan fingerprint density at radius 3 is 2.73 bits per heavy atom. The van der Waals surface area contributed by atoms with E-state index in [2.05, 4.69) is 9.50 Å². The van der Waals surface area contributed by atoms with Crippen molar-refractivity contribution < 1.29 is 25.8 Å². The fourth-order valence-corrected chi connectivity index (χ4v) is 3.04. The van der Waals surface area contributed by atoms with Crippen LogP contribution in [0, 0.1) is 0 Å². The van der Waals surface area contributed by atoms with E-state index in [1.165, 1.54) is 6.20 Å². The minimum absolute atomic E-state index is 0.107. The number of fused-ring (bicyclic) bond motifs is 2. The quantitative estimate of drug-likeness (QED) is 0.665. The fourth-order valence-electron chi connectivity index (χ4n) is 2.56. The number of halogens is 3. The predicted octanol–water partition coefficient (Wildman–Crippen LogP) is 2.39. The Labute approximate surface area is 125 Å². The molecule has 0 amide bonds. The molecular weight excluding hydrogens is 321 g/mol. The maximum absolute atomic E-state index is 12.4. The lowest BCUT2D eigenvalue weighted by atomic mass is 10.2. The number of hydrogen-bond donors (Lipinski definition) is 1. The maximum atomic E-state index is 12.4. The SMILES string of the molecule is O=S(=O)(OC1=CN2Cc3ccccc3NCC2C1)C(F)(F)F. The predicted molar refractivity (Wildman–Crippen MR) is 73.0 cm³/mol. The number of benzene rings is 1. The average molecular weight is 334 g/mol. The smallest absolute Gasteiger partial charge is 0.383 e. The Balaban J connectivity index is 1.79. The van der Waals surface area contributed by atoms with Gasteiger partial charge in [0.05, 0.1) is 6.04 Å². The normalized spacial score (nSPS) is 21.3. The molecule has 0 bridgehead atoms. The summed E-state index contributed by atoms with van der Waals surface area (Å²) >= 11 is 0. The van der Waals surface area contributed by atoms with E-state index in [-0.39, 0.29) is 18.2 Å². The molecule has 2 aliphatic rings. The summed E-state index contributed by atoms with van der Waals surface area (Å²) in [6, 6.07) is 7.44. The molecule has 120 valence electrons. The minimum Gasteiger partial charge on any atom is -0.383 e. The first-order valence-corrected chi connectivity index (χ1v) is 7.96. The summed E-state index contributed by atoms with van der Waals surface area (Å²) in [6.45, 7) is 0.971. The second-order valence-corrected chi connectivity index (χ2v) is 6.68. The molecule has 0 aliphatic carbocycles. The molecule has 1 atom stereocenters. The molecule has 0 saturated carbocycles. The molecule has 1 N–H and O–H groups in total. The van der Waals surface area contributed by atoms with Crippen molar-refractivity contribution in [3.05, 3.63) is 41.8 Å². The Morgan fingerprint density at radius 1 is 1.27 bits per heavy atom. The van der Waals surface area contributed by atoms with Gasteiger partial charge in [-0.1, -0.05) is 18.2 Å². The number of rotatable bonds is 2. The minimum atomic E-state index is -5.61. The Bertz CT molecular complexity index is 715. The second kappa shape index (κ2) is 5.08. The number of anilines is 1. The van der Waals surface area contributed by atoms with Crippen LogP contribution >= 0.6 is 0 Å². The van der Waals surface area contributed by atoms with Crippen molar-refractivity contribution in [1.82, 2.24) is 4.90 Å². The average Bonchev–Trinajstić information content (AvgIpc) is 2.69. The largest absolute Gasteiger partial charge is 0.534 e. The van der Waals surface area contributed by atoms with Crippen LogP contribution in [0.1, 0.15) is 12.0 Å². The van der Waals surface area contributed by atoms with Gasteiger partial charge in [0.25, 0.3) is 0 Å². The third-order valence-electron chi connectivity index (χ3n) is 3.61. The highest BCUT2D eigenvalue weighted by Gasteiger charge is 2.49. The summed E-state index contributed by atoms with van der Waals surface area (Å²) in [4.78, 5) is 1.79. The molecule has 1 aromatic rings. The van der Waals surface area contributed by atoms with E-state index >= 15 is 0 Å². The summed E-state index contributed by atoms with van der Waals surface area (Å²) in [5, 5.41) is 3.21. The van der Waals surface area contributed by atoms with E-state index in [0.717, 1.165) is 11.3 Å². The van der Waals surface area contributed by atoms with Crippen molar-refractivity contribution in [3.8, 4) is 0 Å². The molecular formula is C13H13F3N2O3S. The first kappa shape index (κ1) is 15.0. The molecule has 0 spiro atoms. The van der Waals surface area contributed by atoms with Crippen LogP contribution in [-0.4, -0.2) is 31.4 Å². The van der Waals surface area contributed by atoms with E-state index in [9.17, 15) is 21.6 Å². The van der Waals surface area contributed by atoms with E-state index in [4.69, 9.17) is 0 Å². The monoisotopic (exact) mass is 334 g/mol. The van der Waals surface area contributed by atoms with Gasteiger partial charge in [-0.25, -0.2) is 0 Å². The van der Waals surface area contributed by atoms with E-state index < -0.39 is 15.6 Å². The number of para-hydroxylation sites is 1. The van der Waals surface area contributed by atoms with Crippen molar-refractivity contribution in [2.75, 3.05) is 11.9 Å². The van der Waals surface area contributed by atoms with Gasteiger partial charge < -0.3 is 14.4 Å². The van der Waals surface area contributed by atoms with Crippen molar-refractivity contribution in [1.29, 1.82) is 0 Å². The standard InChI is InChI=1S/C13H13F3N2O3S/c14-13(15,16)22(19,20)21-11-5-10-6-17-12-4-2-1-3-9(12)7-18(10)8-11/h1-4,8,10,17H,5-7H2. The number of alkyl halides is 3. The van der Waals surface area contributed by atoms with Gasteiger partial charge in [-0.15, -0.1) is 0 Å². The highest BCUT2D eigenvalue weighted by atomic mass is 32.2. The molecule has 5 nitrogen and oxygen atoms in total. The van der Waals surface area contributed by atoms with Gasteiger partial charge in [-0.05, 0) is 11.6 Å². The van der Waals surface area contributed by atoms with Crippen LogP contribution in [0.15, 0.2) is 36.2 Å². The molecule has 3 rings (SSSR count). The fraction of sp³-hybridized carbons (Fsp3) is 0.385. The zero-order valence-electron chi connectivity index (χ0n) is 11.3. The molecule has 2 heterocycles. The zero-order chi connectivity index (χ0) is 16.0. The van der Waals surface area contributed by atoms with Crippen molar-refractivity contribution in [3.63, 3.8) is 0 Å². The number of nitrogens with one attached hydrogen (secondary N) is 1. The Morgan fingerprint density at radius 2 is 2.00 bits per heavy atom. The first-order valence-electron chi connectivity index (χ1n) is 6.55. The van der Waals surface area contributed by atoms with Gasteiger partial charge in [0.15, 0.2) is 0 Å². The van der Waals surface area contributed by atoms with E-state index in [0.29, 0.717) is 13.1 Å². The van der Waals surface area contributed by atoms with Crippen LogP contribution in [-0.2, 0) is 20.8 Å². The summed E-state index contributed by atoms with van der Waals surface area (Å²) < 4.78 is 63.4. The van der Waals surface area contributed by atoms with Crippen LogP contribution in [0.2, 0.25) is 0 Å². The molecule has 1 aromatic carbocycles. The van der Waals surface area contributed by atoms with Crippen molar-refractivity contribution in [2.24, 2.45) is 0 Å². The van der Waals surface area contributed by atoms with Crippen LogP contribution in [0.4, 0.5) is 18.9 Å². The van der Waals surface area contributed by atoms with Crippen LogP contribution in [0.3, 0.4) is 0 Å². The first-order chi connectivity index (χ1) is 10.3. The third kappa shape index (κ3) is 2.72. The summed E-state index contributed by atoms with van der Waals surface area (Å²) in [5.41, 5.74) is -3.46. The molecule has 2 aliphatic heterocycles. The van der Waals surface area contributed by atoms with Gasteiger partial charge >= 0.3 is 15.6 Å². The highest BCUT2D eigenvalue weighted by Crippen LogP contribution is 2.33. The second-order valence-electron chi connectivity index (χ2n) is 5.15. The highest BCUT2D eigenvalue weighted by molar-refractivity contribution is 7.87. The molecule has 9 heteroatoms. The summed E-state index contributed by atoms with van der Waals surface area (Å²) in [6.07, 6.45) is 1.45. The van der Waals surface area contributed by atoms with Crippen molar-refractivity contribution >= 4 is 15.8 Å². The van der Waals surface area contributed by atoms with Gasteiger partial charge in [-0.3, -0.25) is 0 Å². The Hall–Kier alpha value is -1.90. The van der Waals surface area contributed by atoms with Crippen LogP contribution in [0.25, 0.3) is 0 Å². The van der Waals surface area contributed by atoms with Crippen LogP contribution in [0.5, 0.6) is 0 Å². The molecule has 22 heavy (non-hydrogen) atoms. The molecule has 0 fully saturated rings. The topological polar surface area (TPSA) is 58.6 Å². The summed E-state index contributed by atoms with van der Waals surface area (Å²) in [5.74, 6) is -0.191. The van der Waals surface area contributed by atoms with E-state index in [1.807, 2.05) is 24.3 Å². The van der Waals surface area contributed by atoms with Gasteiger partial charge in [0.1, 0.15) is 5.76 Å². The Kier molecular flexibility index (Phi) is 3.47. The molecule has 0 saturated heterocycles. The van der Waals surface area contributed by atoms with Gasteiger partial charge in [0, 0.05) is 31.4 Å². The van der Waals surface area contributed by atoms with Gasteiger partial charge in [-0.2, -0.15) is 21.6 Å². The zero-order valence-corrected chi connectivity index (χ0v) is 12.1. The maximum Gasteiger partial charge on any atom is 0.534 e. The number of hydrogen-bond acceptors (Lipinski definition) is 5. The molecule has 0 radical (unpaired) electrons.